The minimum Gasteiger partial charge on any atom is -0.496 e. The summed E-state index contributed by atoms with van der Waals surface area (Å²) in [5, 5.41) is 8.97. The number of nitriles is 1. The van der Waals surface area contributed by atoms with Gasteiger partial charge in [0.05, 0.1) is 36.5 Å². The van der Waals surface area contributed by atoms with E-state index in [9.17, 15) is 0 Å². The van der Waals surface area contributed by atoms with Crippen LogP contribution in [0.3, 0.4) is 0 Å². The first-order chi connectivity index (χ1) is 11.7. The first-order valence-electron chi connectivity index (χ1n) is 7.57. The van der Waals surface area contributed by atoms with Crippen LogP contribution in [0.1, 0.15) is 11.1 Å². The summed E-state index contributed by atoms with van der Waals surface area (Å²) >= 11 is 0. The second-order valence-corrected chi connectivity index (χ2v) is 5.48. The van der Waals surface area contributed by atoms with Crippen LogP contribution >= 0.6 is 0 Å². The Labute approximate surface area is 140 Å². The quantitative estimate of drug-likeness (QED) is 0.802. The van der Waals surface area contributed by atoms with Crippen molar-refractivity contribution in [1.82, 2.24) is 9.55 Å². The van der Waals surface area contributed by atoms with Crippen LogP contribution in [0.2, 0.25) is 0 Å². The molecule has 0 saturated heterocycles. The van der Waals surface area contributed by atoms with Crippen molar-refractivity contribution in [2.75, 3.05) is 7.11 Å². The fourth-order valence-corrected chi connectivity index (χ4v) is 2.73. The van der Waals surface area contributed by atoms with Gasteiger partial charge in [-0.15, -0.1) is 0 Å². The molecule has 0 fully saturated rings. The fraction of sp³-hybridized carbons (Fsp3) is 0.158. The second-order valence-electron chi connectivity index (χ2n) is 5.48. The zero-order valence-electron chi connectivity index (χ0n) is 13.7. The molecular weight excluding hydrogens is 300 g/mol. The highest BCUT2D eigenvalue weighted by molar-refractivity contribution is 5.82. The molecule has 5 heteroatoms. The van der Waals surface area contributed by atoms with Crippen molar-refractivity contribution in [3.63, 3.8) is 0 Å². The summed E-state index contributed by atoms with van der Waals surface area (Å²) in [7, 11) is 3.59. The van der Waals surface area contributed by atoms with Crippen molar-refractivity contribution < 1.29 is 4.74 Å². The van der Waals surface area contributed by atoms with Crippen molar-refractivity contribution >= 4 is 0 Å². The molecule has 2 aromatic carbocycles. The summed E-state index contributed by atoms with van der Waals surface area (Å²) in [4.78, 5) is 4.56. The molecule has 1 heterocycles. The number of nitrogens with zero attached hydrogens (tertiary/aromatic N) is 3. The predicted octanol–water partition coefficient (Wildman–Crippen LogP) is 3.09. The highest BCUT2D eigenvalue weighted by atomic mass is 16.5. The molecule has 24 heavy (non-hydrogen) atoms. The Balaban J connectivity index is 2.15. The second kappa shape index (κ2) is 6.57. The minimum absolute atomic E-state index is 0.460. The molecule has 0 aliphatic heterocycles. The number of rotatable bonds is 4. The van der Waals surface area contributed by atoms with E-state index in [0.717, 1.165) is 33.8 Å². The Morgan fingerprint density at radius 2 is 1.96 bits per heavy atom. The highest BCUT2D eigenvalue weighted by Crippen LogP contribution is 2.36. The normalized spacial score (nSPS) is 10.4. The average Bonchev–Trinajstić information content (AvgIpc) is 3.02. The van der Waals surface area contributed by atoms with E-state index in [-0.39, 0.29) is 0 Å². The third-order valence-electron chi connectivity index (χ3n) is 3.98. The molecule has 0 saturated carbocycles. The number of imidazole rings is 1. The molecular formula is C19H18N4O. The van der Waals surface area contributed by atoms with E-state index in [2.05, 4.69) is 11.1 Å². The molecule has 0 spiro atoms. The van der Waals surface area contributed by atoms with Gasteiger partial charge in [0.25, 0.3) is 0 Å². The molecule has 0 atom stereocenters. The van der Waals surface area contributed by atoms with Crippen molar-refractivity contribution in [1.29, 1.82) is 5.26 Å². The number of ether oxygens (including phenoxy) is 1. The van der Waals surface area contributed by atoms with Crippen molar-refractivity contribution in [3.05, 3.63) is 59.9 Å². The Hall–Kier alpha value is -3.10. The minimum atomic E-state index is 0.460. The number of hydrogen-bond donors (Lipinski definition) is 1. The maximum Gasteiger partial charge on any atom is 0.128 e. The third kappa shape index (κ3) is 2.75. The van der Waals surface area contributed by atoms with Crippen molar-refractivity contribution in [2.45, 2.75) is 6.54 Å². The maximum absolute atomic E-state index is 8.97. The van der Waals surface area contributed by atoms with Gasteiger partial charge in [0.15, 0.2) is 0 Å². The fourth-order valence-electron chi connectivity index (χ4n) is 2.73. The Kier molecular flexibility index (Phi) is 4.32. The summed E-state index contributed by atoms with van der Waals surface area (Å²) < 4.78 is 7.50. The molecule has 0 aliphatic carbocycles. The van der Waals surface area contributed by atoms with Crippen molar-refractivity contribution in [3.8, 4) is 34.3 Å². The maximum atomic E-state index is 8.97. The smallest absolute Gasteiger partial charge is 0.128 e. The van der Waals surface area contributed by atoms with Gasteiger partial charge in [-0.2, -0.15) is 5.26 Å². The van der Waals surface area contributed by atoms with Gasteiger partial charge < -0.3 is 15.0 Å². The standard InChI is InChI=1S/C19H18N4O/c1-23-12-22-18(16-8-5-14(11-21)9-17(16)24-2)19(23)15-6-3-13(10-20)4-7-15/h3-9,12H,11,21H2,1-2H3. The summed E-state index contributed by atoms with van der Waals surface area (Å²) in [6.07, 6.45) is 1.78. The Morgan fingerprint density at radius 3 is 2.58 bits per heavy atom. The SMILES string of the molecule is COc1cc(CN)ccc1-c1ncn(C)c1-c1ccc(C#N)cc1. The lowest BCUT2D eigenvalue weighted by Gasteiger charge is -2.11. The van der Waals surface area contributed by atoms with E-state index < -0.39 is 0 Å². The lowest BCUT2D eigenvalue weighted by atomic mass is 10.0. The lowest BCUT2D eigenvalue weighted by molar-refractivity contribution is 0.416. The molecule has 2 N–H and O–H groups in total. The van der Waals surface area contributed by atoms with Crippen LogP contribution in [-0.2, 0) is 13.6 Å². The number of methoxy groups -OCH3 is 1. The van der Waals surface area contributed by atoms with Gasteiger partial charge in [-0.1, -0.05) is 18.2 Å². The number of benzene rings is 2. The van der Waals surface area contributed by atoms with E-state index in [4.69, 9.17) is 15.7 Å². The van der Waals surface area contributed by atoms with E-state index >= 15 is 0 Å². The molecule has 0 radical (unpaired) electrons. The van der Waals surface area contributed by atoms with Crippen LogP contribution in [0, 0.1) is 11.3 Å². The first kappa shape index (κ1) is 15.8. The monoisotopic (exact) mass is 318 g/mol. The number of aryl methyl sites for hydroxylation is 1. The summed E-state index contributed by atoms with van der Waals surface area (Å²) in [6, 6.07) is 15.5. The summed E-state index contributed by atoms with van der Waals surface area (Å²) in [5.41, 5.74) is 11.1. The van der Waals surface area contributed by atoms with Crippen LogP contribution in [0.15, 0.2) is 48.8 Å². The molecule has 0 aliphatic rings. The molecule has 5 nitrogen and oxygen atoms in total. The number of nitrogens with two attached hydrogens (primary N) is 1. The van der Waals surface area contributed by atoms with Gasteiger partial charge in [0, 0.05) is 24.7 Å². The topological polar surface area (TPSA) is 76.9 Å². The van der Waals surface area contributed by atoms with E-state index in [1.54, 1.807) is 25.6 Å². The molecule has 0 unspecified atom stereocenters. The van der Waals surface area contributed by atoms with Gasteiger partial charge in [-0.25, -0.2) is 4.98 Å². The van der Waals surface area contributed by atoms with Crippen LogP contribution in [0.5, 0.6) is 5.75 Å². The predicted molar refractivity (Wildman–Crippen MR) is 93.2 cm³/mol. The van der Waals surface area contributed by atoms with E-state index in [0.29, 0.717) is 12.1 Å². The zero-order valence-corrected chi connectivity index (χ0v) is 13.7. The number of aromatic nitrogens is 2. The Bertz CT molecular complexity index is 904. The lowest BCUT2D eigenvalue weighted by Crippen LogP contribution is -1.98. The van der Waals surface area contributed by atoms with Crippen LogP contribution in [0.4, 0.5) is 0 Å². The summed E-state index contributed by atoms with van der Waals surface area (Å²) in [6.45, 7) is 0.460. The van der Waals surface area contributed by atoms with Gasteiger partial charge in [-0.05, 0) is 29.8 Å². The summed E-state index contributed by atoms with van der Waals surface area (Å²) in [5.74, 6) is 0.742. The third-order valence-corrected chi connectivity index (χ3v) is 3.98. The molecule has 120 valence electrons. The Morgan fingerprint density at radius 1 is 1.21 bits per heavy atom. The van der Waals surface area contributed by atoms with E-state index in [1.807, 2.05) is 41.9 Å². The molecule has 1 aromatic heterocycles. The largest absolute Gasteiger partial charge is 0.496 e. The average molecular weight is 318 g/mol. The van der Waals surface area contributed by atoms with Gasteiger partial charge in [-0.3, -0.25) is 0 Å². The molecule has 3 rings (SSSR count). The number of hydrogen-bond acceptors (Lipinski definition) is 4. The van der Waals surface area contributed by atoms with Crippen LogP contribution < -0.4 is 10.5 Å². The van der Waals surface area contributed by atoms with Gasteiger partial charge >= 0.3 is 0 Å². The first-order valence-corrected chi connectivity index (χ1v) is 7.57. The van der Waals surface area contributed by atoms with Crippen molar-refractivity contribution in [2.24, 2.45) is 12.8 Å². The van der Waals surface area contributed by atoms with Crippen LogP contribution in [0.25, 0.3) is 22.5 Å². The zero-order chi connectivity index (χ0) is 17.1. The molecule has 0 bridgehead atoms. The van der Waals surface area contributed by atoms with Gasteiger partial charge in [0.2, 0.25) is 0 Å². The van der Waals surface area contributed by atoms with E-state index in [1.165, 1.54) is 0 Å². The molecule has 0 amide bonds. The van der Waals surface area contributed by atoms with Gasteiger partial charge in [0.1, 0.15) is 5.75 Å². The van der Waals surface area contributed by atoms with Crippen LogP contribution in [-0.4, -0.2) is 16.7 Å². The molecule has 3 aromatic rings. The highest BCUT2D eigenvalue weighted by Gasteiger charge is 2.17.